The quantitative estimate of drug-likeness (QED) is 0.184. The van der Waals surface area contributed by atoms with Gasteiger partial charge in [0.05, 0.1) is 0 Å². The van der Waals surface area contributed by atoms with Crippen molar-refractivity contribution in [3.05, 3.63) is 20.2 Å². The van der Waals surface area contributed by atoms with Gasteiger partial charge in [-0.25, -0.2) is 0 Å². The number of nitrogens with zero attached hydrogens (tertiary/aromatic N) is 2. The predicted octanol–water partition coefficient (Wildman–Crippen LogP) is -3.44. The van der Waals surface area contributed by atoms with Gasteiger partial charge in [0.2, 0.25) is 0 Å². The average Bonchev–Trinajstić information content (AvgIpc) is 1.89. The second-order valence-corrected chi connectivity index (χ2v) is 0.596. The first kappa shape index (κ1) is 16.6. The molecule has 0 aliphatic heterocycles. The Morgan fingerprint density at radius 2 is 1.00 bits per heavy atom. The monoisotopic (exact) mass is 180 g/mol. The molecule has 0 saturated heterocycles. The van der Waals surface area contributed by atoms with E-state index in [1.807, 2.05) is 0 Å². The van der Waals surface area contributed by atoms with E-state index < -0.39 is 10.2 Å². The molecule has 0 aromatic carbocycles. The van der Waals surface area contributed by atoms with Crippen molar-refractivity contribution in [2.45, 2.75) is 0 Å². The van der Waals surface area contributed by atoms with Crippen LogP contribution in [0.5, 0.6) is 0 Å². The summed E-state index contributed by atoms with van der Waals surface area (Å²) in [5.41, 5.74) is 0. The summed E-state index contributed by atoms with van der Waals surface area (Å²) >= 11 is 0. The Morgan fingerprint density at radius 3 is 1.00 bits per heavy atom. The summed E-state index contributed by atoms with van der Waals surface area (Å²) in [6, 6.07) is 0. The van der Waals surface area contributed by atoms with Gasteiger partial charge in [0, 0.05) is 0 Å². The summed E-state index contributed by atoms with van der Waals surface area (Å²) in [6.45, 7) is 0. The zero-order valence-electron chi connectivity index (χ0n) is 4.87. The smallest absolute Gasteiger partial charge is 0.694 e. The normalized spacial score (nSPS) is 6.00. The molecule has 0 fully saturated rings. The molecule has 0 atom stereocenters. The zero-order chi connectivity index (χ0) is 8.57. The van der Waals surface area contributed by atoms with E-state index in [-0.39, 0.29) is 23.1 Å². The SMILES string of the molecule is O=[N+]([O-])O[O-].O=[N+]([O-])O[O-].[Mg+2]. The fourth-order valence-electron chi connectivity index (χ4n) is 0. The van der Waals surface area contributed by atoms with Crippen molar-refractivity contribution in [3.63, 3.8) is 0 Å². The number of hydrogen-bond acceptors (Lipinski definition) is 8. The molecule has 0 bridgehead atoms. The van der Waals surface area contributed by atoms with Crippen molar-refractivity contribution in [3.8, 4) is 0 Å². The third-order valence-electron chi connectivity index (χ3n) is 0.122. The molecule has 0 aliphatic carbocycles. The van der Waals surface area contributed by atoms with Gasteiger partial charge < -0.3 is 20.5 Å². The van der Waals surface area contributed by atoms with E-state index in [4.69, 9.17) is 30.7 Å². The minimum Gasteiger partial charge on any atom is -0.694 e. The van der Waals surface area contributed by atoms with Crippen molar-refractivity contribution >= 4 is 23.1 Å². The van der Waals surface area contributed by atoms with Crippen LogP contribution >= 0.6 is 0 Å². The second-order valence-electron chi connectivity index (χ2n) is 0.596. The van der Waals surface area contributed by atoms with Crippen LogP contribution in [-0.2, 0) is 9.98 Å². The third kappa shape index (κ3) is 47.9. The van der Waals surface area contributed by atoms with Gasteiger partial charge in [-0.15, -0.1) is 20.2 Å². The molecule has 11 heteroatoms. The first-order valence-electron chi connectivity index (χ1n) is 1.43. The molecule has 0 aliphatic rings. The summed E-state index contributed by atoms with van der Waals surface area (Å²) in [4.78, 5) is 21.7. The molecule has 0 aromatic rings. The van der Waals surface area contributed by atoms with Crippen LogP contribution in [0.4, 0.5) is 0 Å². The molecule has 11 heavy (non-hydrogen) atoms. The molecule has 60 valence electrons. The largest absolute Gasteiger partial charge is 2.00 e. The van der Waals surface area contributed by atoms with E-state index in [0.29, 0.717) is 0 Å². The van der Waals surface area contributed by atoms with Gasteiger partial charge in [0.25, 0.3) is 10.2 Å². The summed E-state index contributed by atoms with van der Waals surface area (Å²) in [5, 5.41) is 31.3. The fourth-order valence-corrected chi connectivity index (χ4v) is 0. The van der Waals surface area contributed by atoms with Crippen molar-refractivity contribution < 1.29 is 30.7 Å². The Hall–Kier alpha value is -0.914. The van der Waals surface area contributed by atoms with Gasteiger partial charge in [-0.3, -0.25) is 0 Å². The van der Waals surface area contributed by atoms with Gasteiger partial charge in [-0.05, 0) is 0 Å². The van der Waals surface area contributed by atoms with Crippen molar-refractivity contribution in [2.24, 2.45) is 0 Å². The van der Waals surface area contributed by atoms with Crippen LogP contribution in [0.15, 0.2) is 0 Å². The maximum absolute atomic E-state index is 8.64. The Bertz CT molecular complexity index is 96.7. The van der Waals surface area contributed by atoms with E-state index in [9.17, 15) is 0 Å². The summed E-state index contributed by atoms with van der Waals surface area (Å²) in [7, 11) is 0. The average molecular weight is 180 g/mol. The van der Waals surface area contributed by atoms with Gasteiger partial charge in [-0.1, -0.05) is 0 Å². The Labute approximate surface area is 74.5 Å². The molecule has 0 spiro atoms. The molecule has 0 N–H and O–H groups in total. The van der Waals surface area contributed by atoms with Crippen LogP contribution in [0.25, 0.3) is 0 Å². The van der Waals surface area contributed by atoms with Crippen LogP contribution in [0.3, 0.4) is 0 Å². The van der Waals surface area contributed by atoms with Crippen molar-refractivity contribution in [1.29, 1.82) is 0 Å². The van der Waals surface area contributed by atoms with Crippen molar-refractivity contribution in [1.82, 2.24) is 0 Å². The number of hydrogen-bond donors (Lipinski definition) is 0. The molecule has 0 amide bonds. The van der Waals surface area contributed by atoms with Crippen LogP contribution in [0.2, 0.25) is 0 Å². The van der Waals surface area contributed by atoms with E-state index in [0.717, 1.165) is 0 Å². The Morgan fingerprint density at radius 1 is 0.909 bits per heavy atom. The zero-order valence-corrected chi connectivity index (χ0v) is 6.28. The van der Waals surface area contributed by atoms with Crippen LogP contribution in [0, 0.1) is 20.2 Å². The minimum absolute atomic E-state index is 0. The molecule has 0 saturated carbocycles. The molecule has 0 radical (unpaired) electrons. The van der Waals surface area contributed by atoms with E-state index in [2.05, 4.69) is 9.98 Å². The van der Waals surface area contributed by atoms with E-state index >= 15 is 0 Å². The van der Waals surface area contributed by atoms with Gasteiger partial charge in [-0.2, -0.15) is 0 Å². The molecule has 10 nitrogen and oxygen atoms in total. The Kier molecular flexibility index (Phi) is 17.8. The maximum atomic E-state index is 8.64. The summed E-state index contributed by atoms with van der Waals surface area (Å²) in [5.74, 6) is 0. The second kappa shape index (κ2) is 11.8. The maximum Gasteiger partial charge on any atom is 2.00 e. The number of rotatable bonds is 2. The van der Waals surface area contributed by atoms with Crippen LogP contribution < -0.4 is 10.5 Å². The fraction of sp³-hybridized carbons (Fsp3) is 0. The third-order valence-corrected chi connectivity index (χ3v) is 0.122. The summed E-state index contributed by atoms with van der Waals surface area (Å²) in [6.07, 6.45) is 0. The molecule has 0 aromatic heterocycles. The van der Waals surface area contributed by atoms with Crippen LogP contribution in [0.1, 0.15) is 0 Å². The minimum atomic E-state index is -1.43. The topological polar surface area (TPSA) is 151 Å². The molecule has 0 rings (SSSR count). The van der Waals surface area contributed by atoms with Crippen molar-refractivity contribution in [2.75, 3.05) is 0 Å². The Balaban J connectivity index is -0.000000107. The molecular formula is MgN2O8. The van der Waals surface area contributed by atoms with Gasteiger partial charge in [0.1, 0.15) is 0 Å². The predicted molar refractivity (Wildman–Crippen MR) is 21.9 cm³/mol. The molecule has 0 unspecified atom stereocenters. The van der Waals surface area contributed by atoms with E-state index in [1.165, 1.54) is 0 Å². The van der Waals surface area contributed by atoms with E-state index in [1.54, 1.807) is 0 Å². The van der Waals surface area contributed by atoms with Gasteiger partial charge >= 0.3 is 23.1 Å². The molecule has 0 heterocycles. The van der Waals surface area contributed by atoms with Crippen LogP contribution in [-0.4, -0.2) is 33.2 Å². The first-order chi connectivity index (χ1) is 4.54. The molecular weight excluding hydrogens is 180 g/mol. The summed E-state index contributed by atoms with van der Waals surface area (Å²) < 4.78 is 0. The standard InChI is InChI=1S/Mg.2HNO4/c;2*2-1(3)5-4/h;2*4H/q+2;;/p-2. The van der Waals surface area contributed by atoms with Gasteiger partial charge in [0.15, 0.2) is 0 Å². The first-order valence-corrected chi connectivity index (χ1v) is 1.43.